The van der Waals surface area contributed by atoms with Crippen LogP contribution in [-0.2, 0) is 5.41 Å². The summed E-state index contributed by atoms with van der Waals surface area (Å²) in [5.41, 5.74) is 0.702. The molecule has 0 aliphatic heterocycles. The summed E-state index contributed by atoms with van der Waals surface area (Å²) in [6.45, 7) is 6.35. The van der Waals surface area contributed by atoms with Gasteiger partial charge in [-0.05, 0) is 11.5 Å². The van der Waals surface area contributed by atoms with Gasteiger partial charge in [0.15, 0.2) is 0 Å². The van der Waals surface area contributed by atoms with Crippen LogP contribution in [0.25, 0.3) is 0 Å². The molecule has 16 heavy (non-hydrogen) atoms. The van der Waals surface area contributed by atoms with E-state index in [9.17, 15) is 0 Å². The summed E-state index contributed by atoms with van der Waals surface area (Å²) in [7, 11) is 3.60. The quantitative estimate of drug-likeness (QED) is 0.583. The first-order chi connectivity index (χ1) is 7.34. The minimum atomic E-state index is 0.0438. The van der Waals surface area contributed by atoms with E-state index in [1.807, 2.05) is 6.07 Å². The minimum absolute atomic E-state index is 0.0438. The van der Waals surface area contributed by atoms with Crippen LogP contribution >= 0.6 is 11.3 Å². The molecule has 86 valence electrons. The van der Waals surface area contributed by atoms with E-state index >= 15 is 0 Å². The van der Waals surface area contributed by atoms with E-state index < -0.39 is 0 Å². The standard InChI is InChI=1S/C11H16N4S/c1-11(2,3)10-6-8(9(7-12)16-10)13-14-15(4)5/h6H,1-5H3/b14-13+. The molecule has 0 saturated carbocycles. The second-order valence-corrected chi connectivity index (χ2v) is 5.78. The molecule has 0 N–H and O–H groups in total. The average Bonchev–Trinajstić information content (AvgIpc) is 2.56. The molecule has 5 heteroatoms. The number of hydrogen-bond acceptors (Lipinski definition) is 4. The van der Waals surface area contributed by atoms with Gasteiger partial charge < -0.3 is 0 Å². The van der Waals surface area contributed by atoms with Crippen molar-refractivity contribution in [1.29, 1.82) is 5.26 Å². The maximum Gasteiger partial charge on any atom is 0.132 e. The lowest BCUT2D eigenvalue weighted by Gasteiger charge is -2.14. The van der Waals surface area contributed by atoms with Gasteiger partial charge in [-0.3, -0.25) is 5.01 Å². The molecule has 0 fully saturated rings. The van der Waals surface area contributed by atoms with Crippen molar-refractivity contribution in [2.24, 2.45) is 10.3 Å². The van der Waals surface area contributed by atoms with Crippen LogP contribution in [0.15, 0.2) is 16.4 Å². The highest BCUT2D eigenvalue weighted by Gasteiger charge is 2.19. The van der Waals surface area contributed by atoms with Crippen molar-refractivity contribution in [3.8, 4) is 6.07 Å². The van der Waals surface area contributed by atoms with E-state index in [0.29, 0.717) is 10.6 Å². The number of nitriles is 1. The molecule has 1 aromatic rings. The van der Waals surface area contributed by atoms with Crippen LogP contribution in [0.2, 0.25) is 0 Å². The molecule has 0 bridgehead atoms. The lowest BCUT2D eigenvalue weighted by Crippen LogP contribution is -2.07. The lowest BCUT2D eigenvalue weighted by atomic mass is 9.95. The fraction of sp³-hybridized carbons (Fsp3) is 0.545. The molecule has 0 aliphatic rings. The fourth-order valence-corrected chi connectivity index (χ4v) is 1.99. The smallest absolute Gasteiger partial charge is 0.132 e. The van der Waals surface area contributed by atoms with E-state index in [4.69, 9.17) is 5.26 Å². The largest absolute Gasteiger partial charge is 0.285 e. The number of nitrogens with zero attached hydrogens (tertiary/aromatic N) is 4. The summed E-state index contributed by atoms with van der Waals surface area (Å²) >= 11 is 1.48. The van der Waals surface area contributed by atoms with E-state index in [-0.39, 0.29) is 5.41 Å². The molecular weight excluding hydrogens is 220 g/mol. The number of rotatable bonds is 2. The molecule has 0 aliphatic carbocycles. The zero-order valence-electron chi connectivity index (χ0n) is 10.3. The van der Waals surface area contributed by atoms with Crippen LogP contribution in [0.1, 0.15) is 30.5 Å². The lowest BCUT2D eigenvalue weighted by molar-refractivity contribution is 0.408. The molecule has 0 amide bonds. The van der Waals surface area contributed by atoms with Gasteiger partial charge in [0.05, 0.1) is 0 Å². The van der Waals surface area contributed by atoms with Crippen LogP contribution in [0.3, 0.4) is 0 Å². The monoisotopic (exact) mass is 236 g/mol. The Morgan fingerprint density at radius 1 is 1.38 bits per heavy atom. The normalized spacial score (nSPS) is 11.8. The third-order valence-electron chi connectivity index (χ3n) is 1.88. The van der Waals surface area contributed by atoms with Crippen molar-refractivity contribution in [3.63, 3.8) is 0 Å². The Morgan fingerprint density at radius 3 is 2.44 bits per heavy atom. The number of thiophene rings is 1. The molecule has 0 radical (unpaired) electrons. The first-order valence-electron chi connectivity index (χ1n) is 4.98. The SMILES string of the molecule is CN(C)/N=N/c1cc(C(C)(C)C)sc1C#N. The van der Waals surface area contributed by atoms with Crippen LogP contribution in [-0.4, -0.2) is 19.1 Å². The van der Waals surface area contributed by atoms with Crippen molar-refractivity contribution >= 4 is 17.0 Å². The summed E-state index contributed by atoms with van der Waals surface area (Å²) in [4.78, 5) is 1.77. The second kappa shape index (κ2) is 4.62. The van der Waals surface area contributed by atoms with Gasteiger partial charge in [-0.2, -0.15) is 5.26 Å². The summed E-state index contributed by atoms with van der Waals surface area (Å²) < 4.78 is 0. The Bertz CT molecular complexity index is 432. The first-order valence-corrected chi connectivity index (χ1v) is 5.79. The second-order valence-electron chi connectivity index (χ2n) is 4.72. The predicted octanol–water partition coefficient (Wildman–Crippen LogP) is 3.48. The van der Waals surface area contributed by atoms with Crippen molar-refractivity contribution in [2.45, 2.75) is 26.2 Å². The zero-order chi connectivity index (χ0) is 12.3. The molecule has 0 saturated heterocycles. The van der Waals surface area contributed by atoms with Gasteiger partial charge in [-0.1, -0.05) is 26.0 Å². The summed E-state index contributed by atoms with van der Waals surface area (Å²) in [6, 6.07) is 4.10. The molecule has 4 nitrogen and oxygen atoms in total. The molecule has 1 heterocycles. The summed E-state index contributed by atoms with van der Waals surface area (Å²) in [6.07, 6.45) is 0. The molecular formula is C11H16N4S. The zero-order valence-corrected chi connectivity index (χ0v) is 11.1. The molecule has 1 aromatic heterocycles. The average molecular weight is 236 g/mol. The van der Waals surface area contributed by atoms with Crippen LogP contribution in [0, 0.1) is 11.3 Å². The Kier molecular flexibility index (Phi) is 3.66. The van der Waals surface area contributed by atoms with E-state index in [0.717, 1.165) is 4.88 Å². The van der Waals surface area contributed by atoms with Crippen LogP contribution in [0.4, 0.5) is 5.69 Å². The fourth-order valence-electron chi connectivity index (χ4n) is 1.04. The number of hydrogen-bond donors (Lipinski definition) is 0. The van der Waals surface area contributed by atoms with Gasteiger partial charge in [0.2, 0.25) is 0 Å². The van der Waals surface area contributed by atoms with Crippen molar-refractivity contribution in [1.82, 2.24) is 5.01 Å². The van der Waals surface area contributed by atoms with E-state index in [1.54, 1.807) is 19.1 Å². The van der Waals surface area contributed by atoms with Crippen LogP contribution in [0.5, 0.6) is 0 Å². The topological polar surface area (TPSA) is 51.8 Å². The maximum absolute atomic E-state index is 9.01. The van der Waals surface area contributed by atoms with Gasteiger partial charge in [0.25, 0.3) is 0 Å². The molecule has 0 spiro atoms. The van der Waals surface area contributed by atoms with Crippen molar-refractivity contribution in [2.75, 3.05) is 14.1 Å². The third kappa shape index (κ3) is 3.04. The highest BCUT2D eigenvalue weighted by Crippen LogP contribution is 2.36. The van der Waals surface area contributed by atoms with Gasteiger partial charge >= 0.3 is 0 Å². The van der Waals surface area contributed by atoms with Gasteiger partial charge in [0.1, 0.15) is 16.6 Å². The minimum Gasteiger partial charge on any atom is -0.285 e. The summed E-state index contributed by atoms with van der Waals surface area (Å²) in [5.74, 6) is 0. The molecule has 1 rings (SSSR count). The first kappa shape index (κ1) is 12.7. The maximum atomic E-state index is 9.01. The Labute approximate surface area is 100 Å². The van der Waals surface area contributed by atoms with Crippen molar-refractivity contribution in [3.05, 3.63) is 15.8 Å². The predicted molar refractivity (Wildman–Crippen MR) is 65.9 cm³/mol. The van der Waals surface area contributed by atoms with E-state index in [2.05, 4.69) is 37.2 Å². The van der Waals surface area contributed by atoms with Crippen molar-refractivity contribution < 1.29 is 0 Å². The highest BCUT2D eigenvalue weighted by atomic mass is 32.1. The van der Waals surface area contributed by atoms with E-state index in [1.165, 1.54) is 11.3 Å². The Morgan fingerprint density at radius 2 is 2.00 bits per heavy atom. The molecule has 0 unspecified atom stereocenters. The molecule has 0 aromatic carbocycles. The van der Waals surface area contributed by atoms with Gasteiger partial charge in [-0.15, -0.1) is 16.5 Å². The molecule has 0 atom stereocenters. The summed E-state index contributed by atoms with van der Waals surface area (Å²) in [5, 5.41) is 18.6. The Balaban J connectivity index is 3.11. The van der Waals surface area contributed by atoms with Gasteiger partial charge in [-0.25, -0.2) is 0 Å². The Hall–Kier alpha value is -1.41. The van der Waals surface area contributed by atoms with Crippen LogP contribution < -0.4 is 0 Å². The third-order valence-corrected chi connectivity index (χ3v) is 3.34. The highest BCUT2D eigenvalue weighted by molar-refractivity contribution is 7.13. The van der Waals surface area contributed by atoms with Gasteiger partial charge in [0, 0.05) is 19.0 Å².